The third kappa shape index (κ3) is 2.70. The number of carbonyl (C=O) groups is 2. The Morgan fingerprint density at radius 3 is 2.87 bits per heavy atom. The molecule has 2 aromatic rings. The summed E-state index contributed by atoms with van der Waals surface area (Å²) >= 11 is 0. The van der Waals surface area contributed by atoms with Gasteiger partial charge in [-0.1, -0.05) is 0 Å². The number of halogens is 2. The molecule has 3 aliphatic rings. The normalized spacial score (nSPS) is 24.0. The van der Waals surface area contributed by atoms with Crippen LogP contribution in [0.2, 0.25) is 0 Å². The molecule has 3 atom stereocenters. The highest BCUT2D eigenvalue weighted by Gasteiger charge is 2.51. The van der Waals surface area contributed by atoms with E-state index in [1.807, 2.05) is 0 Å². The molecule has 1 saturated heterocycles. The van der Waals surface area contributed by atoms with Gasteiger partial charge in [-0.15, -0.1) is 0 Å². The molecule has 8 nitrogen and oxygen atoms in total. The van der Waals surface area contributed by atoms with Gasteiger partial charge in [0.1, 0.15) is 17.2 Å². The quantitative estimate of drug-likeness (QED) is 0.782. The molecule has 10 heteroatoms. The average Bonchev–Trinajstić information content (AvgIpc) is 3.32. The summed E-state index contributed by atoms with van der Waals surface area (Å²) in [6.45, 7) is 0.0243. The zero-order valence-electron chi connectivity index (χ0n) is 15.8. The van der Waals surface area contributed by atoms with Crippen LogP contribution in [0.25, 0.3) is 0 Å². The molecule has 1 saturated carbocycles. The van der Waals surface area contributed by atoms with E-state index in [9.17, 15) is 28.3 Å². The van der Waals surface area contributed by atoms with Crippen molar-refractivity contribution in [2.75, 3.05) is 0 Å². The van der Waals surface area contributed by atoms with Crippen LogP contribution in [0.5, 0.6) is 5.75 Å². The van der Waals surface area contributed by atoms with E-state index in [4.69, 9.17) is 0 Å². The van der Waals surface area contributed by atoms with Gasteiger partial charge in [0, 0.05) is 24.8 Å². The number of pyridine rings is 2. The van der Waals surface area contributed by atoms with Crippen molar-refractivity contribution in [3.8, 4) is 5.75 Å². The number of piperidine rings is 1. The molecule has 156 valence electrons. The highest BCUT2D eigenvalue weighted by atomic mass is 19.1. The maximum atomic E-state index is 13.7. The van der Waals surface area contributed by atoms with Crippen molar-refractivity contribution in [3.63, 3.8) is 0 Å². The highest BCUT2D eigenvalue weighted by molar-refractivity contribution is 5.99. The molecular weight excluding hydrogens is 398 g/mol. The predicted octanol–water partition coefficient (Wildman–Crippen LogP) is 1.16. The van der Waals surface area contributed by atoms with Crippen molar-refractivity contribution in [2.24, 2.45) is 5.92 Å². The van der Waals surface area contributed by atoms with Crippen LogP contribution in [0, 0.1) is 17.6 Å². The summed E-state index contributed by atoms with van der Waals surface area (Å²) in [6.07, 6.45) is 4.95. The Labute approximate surface area is 169 Å². The van der Waals surface area contributed by atoms with Gasteiger partial charge < -0.3 is 19.9 Å². The van der Waals surface area contributed by atoms with Crippen molar-refractivity contribution < 1.29 is 23.5 Å². The second-order valence-electron chi connectivity index (χ2n) is 7.99. The van der Waals surface area contributed by atoms with E-state index in [0.29, 0.717) is 18.5 Å². The van der Waals surface area contributed by atoms with E-state index in [-0.39, 0.29) is 35.6 Å². The van der Waals surface area contributed by atoms with Gasteiger partial charge in [-0.05, 0) is 25.2 Å². The van der Waals surface area contributed by atoms with Gasteiger partial charge in [0.15, 0.2) is 11.4 Å². The van der Waals surface area contributed by atoms with Gasteiger partial charge in [0.05, 0.1) is 24.5 Å². The largest absolute Gasteiger partial charge is 0.503 e. The lowest BCUT2D eigenvalue weighted by molar-refractivity contribution is 0.0482. The Morgan fingerprint density at radius 1 is 1.30 bits per heavy atom. The van der Waals surface area contributed by atoms with Crippen molar-refractivity contribution in [1.29, 1.82) is 0 Å². The Kier molecular flexibility index (Phi) is 4.12. The fraction of sp³-hybridized carbons (Fsp3) is 0.400. The van der Waals surface area contributed by atoms with Gasteiger partial charge in [0.2, 0.25) is 5.43 Å². The molecule has 0 aromatic carbocycles. The monoisotopic (exact) mass is 416 g/mol. The fourth-order valence-corrected chi connectivity index (χ4v) is 4.98. The number of hydrogen-bond acceptors (Lipinski definition) is 5. The van der Waals surface area contributed by atoms with E-state index >= 15 is 0 Å². The van der Waals surface area contributed by atoms with Crippen LogP contribution in [0.3, 0.4) is 0 Å². The summed E-state index contributed by atoms with van der Waals surface area (Å²) in [7, 11) is 0. The summed E-state index contributed by atoms with van der Waals surface area (Å²) in [5, 5.41) is 12.8. The minimum Gasteiger partial charge on any atom is -0.503 e. The highest BCUT2D eigenvalue weighted by Crippen LogP contribution is 2.45. The number of amides is 2. The number of carbonyl (C=O) groups excluding carboxylic acids is 2. The number of aromatic nitrogens is 2. The number of nitrogens with one attached hydrogen (secondary N) is 1. The number of fused-ring (bicyclic) bond motifs is 6. The molecular formula is C20H18F2N4O4. The third-order valence-electron chi connectivity index (χ3n) is 6.36. The Bertz CT molecular complexity index is 1150. The van der Waals surface area contributed by atoms with Crippen molar-refractivity contribution >= 4 is 11.8 Å². The van der Waals surface area contributed by atoms with Gasteiger partial charge in [-0.25, -0.2) is 8.78 Å². The topological polar surface area (TPSA) is 105 Å². The van der Waals surface area contributed by atoms with Crippen molar-refractivity contribution in [3.05, 3.63) is 57.3 Å². The van der Waals surface area contributed by atoms with E-state index in [1.165, 1.54) is 10.8 Å². The van der Waals surface area contributed by atoms with Crippen LogP contribution in [-0.2, 0) is 13.1 Å². The van der Waals surface area contributed by atoms with Crippen LogP contribution >= 0.6 is 0 Å². The minimum atomic E-state index is -0.970. The summed E-state index contributed by atoms with van der Waals surface area (Å²) in [5.41, 5.74) is -1.63. The first-order valence-electron chi connectivity index (χ1n) is 9.72. The summed E-state index contributed by atoms with van der Waals surface area (Å²) in [4.78, 5) is 43.4. The number of hydrogen-bond donors (Lipinski definition) is 2. The number of rotatable bonds is 3. The molecule has 0 unspecified atom stereocenters. The third-order valence-corrected chi connectivity index (χ3v) is 6.36. The molecule has 0 spiro atoms. The molecule has 2 bridgehead atoms. The minimum absolute atomic E-state index is 0.0147. The predicted molar refractivity (Wildman–Crippen MR) is 98.8 cm³/mol. The van der Waals surface area contributed by atoms with Crippen LogP contribution in [0.15, 0.2) is 23.3 Å². The van der Waals surface area contributed by atoms with Crippen molar-refractivity contribution in [2.45, 2.75) is 44.4 Å². The second kappa shape index (κ2) is 6.61. The van der Waals surface area contributed by atoms with Crippen LogP contribution in [-0.4, -0.2) is 43.5 Å². The summed E-state index contributed by atoms with van der Waals surface area (Å²) in [5.74, 6) is -3.41. The molecule has 30 heavy (non-hydrogen) atoms. The maximum Gasteiger partial charge on any atom is 0.275 e. The molecule has 5 rings (SSSR count). The molecule has 1 aliphatic carbocycles. The SMILES string of the molecule is O=C(NCc1ncc(F)cc1F)c1cn2c(c(O)c1=O)C(=O)N1[C@H]3CC[C@H](C3)[C@@H]1C2. The zero-order chi connectivity index (χ0) is 21.2. The average molecular weight is 416 g/mol. The molecule has 2 fully saturated rings. The van der Waals surface area contributed by atoms with E-state index in [2.05, 4.69) is 10.3 Å². The lowest BCUT2D eigenvalue weighted by Crippen LogP contribution is -2.52. The first kappa shape index (κ1) is 18.7. The van der Waals surface area contributed by atoms with E-state index < -0.39 is 34.6 Å². The van der Waals surface area contributed by atoms with Crippen LogP contribution < -0.4 is 10.7 Å². The van der Waals surface area contributed by atoms with Gasteiger partial charge in [0.25, 0.3) is 11.8 Å². The van der Waals surface area contributed by atoms with Crippen molar-refractivity contribution in [1.82, 2.24) is 19.8 Å². The smallest absolute Gasteiger partial charge is 0.275 e. The van der Waals surface area contributed by atoms with Gasteiger partial charge in [-0.3, -0.25) is 19.4 Å². The second-order valence-corrected chi connectivity index (χ2v) is 7.99. The van der Waals surface area contributed by atoms with E-state index in [1.54, 1.807) is 4.90 Å². The maximum absolute atomic E-state index is 13.7. The summed E-state index contributed by atoms with van der Waals surface area (Å²) in [6, 6.07) is 0.761. The molecule has 4 heterocycles. The number of aromatic hydroxyl groups is 1. The van der Waals surface area contributed by atoms with Gasteiger partial charge >= 0.3 is 0 Å². The lowest BCUT2D eigenvalue weighted by Gasteiger charge is -2.40. The first-order chi connectivity index (χ1) is 14.3. The first-order valence-corrected chi connectivity index (χ1v) is 9.72. The van der Waals surface area contributed by atoms with E-state index in [0.717, 1.165) is 25.5 Å². The number of nitrogens with zero attached hydrogens (tertiary/aromatic N) is 3. The molecule has 2 amide bonds. The zero-order valence-corrected chi connectivity index (χ0v) is 15.8. The Morgan fingerprint density at radius 2 is 2.10 bits per heavy atom. The van der Waals surface area contributed by atoms with Gasteiger partial charge in [-0.2, -0.15) is 0 Å². The fourth-order valence-electron chi connectivity index (χ4n) is 4.98. The molecule has 2 N–H and O–H groups in total. The molecule has 2 aliphatic heterocycles. The lowest BCUT2D eigenvalue weighted by atomic mass is 9.95. The van der Waals surface area contributed by atoms with Crippen LogP contribution in [0.4, 0.5) is 8.78 Å². The Hall–Kier alpha value is -3.30. The van der Waals surface area contributed by atoms with Crippen LogP contribution in [0.1, 0.15) is 45.8 Å². The summed E-state index contributed by atoms with van der Waals surface area (Å²) < 4.78 is 28.1. The Balaban J connectivity index is 1.44. The molecule has 2 aromatic heterocycles. The standard InChI is InChI=1S/C20H18F2N4O4/c21-10-4-13(22)14(23-5-10)6-24-19(29)12-7-25-8-15-9-1-2-11(3-9)26(15)20(30)16(25)18(28)17(12)27/h4-5,7,9,11,15,28H,1-3,6,8H2,(H,24,29)/t9-,11+,15+/m1/s1. The molecule has 0 radical (unpaired) electrons.